The molecule has 0 unspecified atom stereocenters. The number of nitrogens with zero attached hydrogens (tertiary/aromatic N) is 2. The number of nitrogens with one attached hydrogen (secondary N) is 1. The maximum absolute atomic E-state index is 10.5. The molecule has 1 rings (SSSR count). The first-order valence-corrected chi connectivity index (χ1v) is 3.29. The van der Waals surface area contributed by atoms with E-state index in [4.69, 9.17) is 11.0 Å². The minimum atomic E-state index is -0.831. The molecule has 5 heteroatoms. The predicted molar refractivity (Wildman–Crippen MR) is 42.3 cm³/mol. The van der Waals surface area contributed by atoms with Gasteiger partial charge in [-0.15, -0.1) is 0 Å². The quantitative estimate of drug-likeness (QED) is 0.514. The molecular formula is C8H6KN3O. The number of nitriles is 1. The minimum absolute atomic E-state index is 0. The summed E-state index contributed by atoms with van der Waals surface area (Å²) in [6.07, 6.45) is 0. The van der Waals surface area contributed by atoms with Crippen molar-refractivity contribution in [3.05, 3.63) is 34.8 Å². The van der Waals surface area contributed by atoms with Gasteiger partial charge in [-0.3, -0.25) is 4.98 Å². The summed E-state index contributed by atoms with van der Waals surface area (Å²) in [5.41, 5.74) is 7.75. The number of carbonyl (C=O) groups excluding carboxylic acids is 1. The van der Waals surface area contributed by atoms with Crippen LogP contribution in [0.2, 0.25) is 0 Å². The van der Waals surface area contributed by atoms with Crippen LogP contribution in [0.4, 0.5) is 0 Å². The van der Waals surface area contributed by atoms with E-state index in [0.717, 1.165) is 0 Å². The Morgan fingerprint density at radius 1 is 1.62 bits per heavy atom. The van der Waals surface area contributed by atoms with Gasteiger partial charge in [0.1, 0.15) is 6.07 Å². The van der Waals surface area contributed by atoms with Gasteiger partial charge in [-0.05, 0) is 19.1 Å². The van der Waals surface area contributed by atoms with Crippen molar-refractivity contribution >= 4 is 5.91 Å². The Labute approximate surface area is 119 Å². The molecular weight excluding hydrogens is 193 g/mol. The maximum atomic E-state index is 10.5. The summed E-state index contributed by atoms with van der Waals surface area (Å²) in [6, 6.07) is 4.79. The first kappa shape index (κ1) is 12.7. The van der Waals surface area contributed by atoms with Crippen molar-refractivity contribution in [2.24, 2.45) is 0 Å². The van der Waals surface area contributed by atoms with E-state index in [2.05, 4.69) is 4.98 Å². The molecule has 0 saturated heterocycles. The van der Waals surface area contributed by atoms with Crippen LogP contribution < -0.4 is 51.4 Å². The Balaban J connectivity index is 0.00000144. The molecule has 0 aliphatic carbocycles. The first-order chi connectivity index (χ1) is 5.65. The Morgan fingerprint density at radius 2 is 2.23 bits per heavy atom. The fourth-order valence-corrected chi connectivity index (χ4v) is 0.806. The third-order valence-electron chi connectivity index (χ3n) is 1.44. The van der Waals surface area contributed by atoms with Crippen LogP contribution in [0.3, 0.4) is 0 Å². The van der Waals surface area contributed by atoms with Crippen molar-refractivity contribution in [3.8, 4) is 6.07 Å². The number of aryl methyl sites for hydroxylation is 1. The fourth-order valence-electron chi connectivity index (χ4n) is 0.806. The largest absolute Gasteiger partial charge is 1.00 e. The number of aromatic nitrogens is 1. The van der Waals surface area contributed by atoms with Crippen LogP contribution in [0, 0.1) is 18.3 Å². The van der Waals surface area contributed by atoms with Crippen LogP contribution in [0.1, 0.15) is 21.7 Å². The smallest absolute Gasteiger partial charge is 0.662 e. The predicted octanol–water partition coefficient (Wildman–Crippen LogP) is -1.54. The van der Waals surface area contributed by atoms with Gasteiger partial charge in [-0.25, -0.2) is 0 Å². The number of rotatable bonds is 1. The van der Waals surface area contributed by atoms with Crippen LogP contribution in [0.25, 0.3) is 5.73 Å². The molecule has 0 aliphatic rings. The second-order valence-corrected chi connectivity index (χ2v) is 2.27. The number of pyridine rings is 1. The fraction of sp³-hybridized carbons (Fsp3) is 0.125. The monoisotopic (exact) mass is 199 g/mol. The zero-order chi connectivity index (χ0) is 9.14. The molecule has 1 amide bonds. The molecule has 1 N–H and O–H groups in total. The number of amides is 1. The van der Waals surface area contributed by atoms with Crippen molar-refractivity contribution in [1.82, 2.24) is 4.98 Å². The van der Waals surface area contributed by atoms with Gasteiger partial charge < -0.3 is 10.5 Å². The van der Waals surface area contributed by atoms with Gasteiger partial charge in [0.2, 0.25) is 0 Å². The summed E-state index contributed by atoms with van der Waals surface area (Å²) in [6.45, 7) is 1.63. The number of hydrogen-bond acceptors (Lipinski definition) is 3. The van der Waals surface area contributed by atoms with Crippen molar-refractivity contribution in [3.63, 3.8) is 0 Å². The summed E-state index contributed by atoms with van der Waals surface area (Å²) in [5.74, 6) is -0.831. The second kappa shape index (κ2) is 5.47. The Hall–Kier alpha value is -0.254. The zero-order valence-electron chi connectivity index (χ0n) is 7.46. The molecule has 0 spiro atoms. The van der Waals surface area contributed by atoms with Crippen molar-refractivity contribution in [1.29, 1.82) is 5.26 Å². The summed E-state index contributed by atoms with van der Waals surface area (Å²) < 4.78 is 0. The molecule has 1 heterocycles. The topological polar surface area (TPSA) is 77.5 Å². The molecule has 0 bridgehead atoms. The molecule has 4 nitrogen and oxygen atoms in total. The van der Waals surface area contributed by atoms with Crippen molar-refractivity contribution in [2.75, 3.05) is 0 Å². The van der Waals surface area contributed by atoms with Crippen LogP contribution in [-0.4, -0.2) is 10.9 Å². The Morgan fingerprint density at radius 3 is 2.62 bits per heavy atom. The van der Waals surface area contributed by atoms with Gasteiger partial charge in [-0.1, -0.05) is 0 Å². The van der Waals surface area contributed by atoms with Crippen LogP contribution in [0.15, 0.2) is 12.1 Å². The Bertz CT molecular complexity index is 370. The number of hydrogen-bond donors (Lipinski definition) is 0. The van der Waals surface area contributed by atoms with Crippen molar-refractivity contribution < 1.29 is 56.2 Å². The first-order valence-electron chi connectivity index (χ1n) is 3.29. The molecule has 1 aromatic rings. The molecule has 0 radical (unpaired) electrons. The maximum Gasteiger partial charge on any atom is 1.00 e. The molecule has 13 heavy (non-hydrogen) atoms. The molecule has 0 aromatic carbocycles. The molecule has 60 valence electrons. The van der Waals surface area contributed by atoms with E-state index in [-0.39, 0.29) is 57.1 Å². The van der Waals surface area contributed by atoms with E-state index in [1.165, 1.54) is 12.1 Å². The summed E-state index contributed by atoms with van der Waals surface area (Å²) in [7, 11) is 0. The third kappa shape index (κ3) is 3.18. The van der Waals surface area contributed by atoms with Crippen LogP contribution >= 0.6 is 0 Å². The van der Waals surface area contributed by atoms with Gasteiger partial charge in [0.05, 0.1) is 22.9 Å². The summed E-state index contributed by atoms with van der Waals surface area (Å²) in [4.78, 5) is 14.3. The molecule has 0 aliphatic heterocycles. The number of carbonyl (C=O) groups is 1. The zero-order valence-corrected chi connectivity index (χ0v) is 10.6. The molecule has 1 aromatic heterocycles. The van der Waals surface area contributed by atoms with Gasteiger partial charge in [0.15, 0.2) is 0 Å². The molecule has 0 saturated carbocycles. The van der Waals surface area contributed by atoms with E-state index in [0.29, 0.717) is 11.3 Å². The average Bonchev–Trinajstić information content (AvgIpc) is 2.04. The van der Waals surface area contributed by atoms with E-state index >= 15 is 0 Å². The summed E-state index contributed by atoms with van der Waals surface area (Å²) in [5, 5.41) is 8.53. The van der Waals surface area contributed by atoms with E-state index in [9.17, 15) is 4.79 Å². The standard InChI is InChI=1S/C8H7N3O.K/c1-5-6(4-9)2-3-7(11-5)8(10)12;/h2-3H,1H3,(H2,10,12);/q;+1/p-1. The van der Waals surface area contributed by atoms with Gasteiger partial charge in [0.25, 0.3) is 0 Å². The third-order valence-corrected chi connectivity index (χ3v) is 1.44. The van der Waals surface area contributed by atoms with Crippen molar-refractivity contribution in [2.45, 2.75) is 6.92 Å². The van der Waals surface area contributed by atoms with Crippen LogP contribution in [-0.2, 0) is 0 Å². The van der Waals surface area contributed by atoms with E-state index < -0.39 is 5.91 Å². The SMILES string of the molecule is Cc1nc(C([NH-])=O)ccc1C#N.[K+]. The minimum Gasteiger partial charge on any atom is -0.662 e. The van der Waals surface area contributed by atoms with Gasteiger partial charge in [-0.2, -0.15) is 5.26 Å². The molecule has 0 fully saturated rings. The average molecular weight is 199 g/mol. The Kier molecular flexibility index (Phi) is 5.36. The van der Waals surface area contributed by atoms with E-state index in [1.54, 1.807) is 6.92 Å². The van der Waals surface area contributed by atoms with E-state index in [1.807, 2.05) is 6.07 Å². The normalized spacial score (nSPS) is 8.31. The summed E-state index contributed by atoms with van der Waals surface area (Å²) >= 11 is 0. The van der Waals surface area contributed by atoms with Crippen LogP contribution in [0.5, 0.6) is 0 Å². The second-order valence-electron chi connectivity index (χ2n) is 2.27. The van der Waals surface area contributed by atoms with Gasteiger partial charge in [0, 0.05) is 0 Å². The van der Waals surface area contributed by atoms with Gasteiger partial charge >= 0.3 is 51.4 Å². The molecule has 0 atom stereocenters.